The first-order valence-corrected chi connectivity index (χ1v) is 11.0. The molecule has 1 amide bonds. The van der Waals surface area contributed by atoms with Crippen molar-refractivity contribution in [3.05, 3.63) is 98.7 Å². The Morgan fingerprint density at radius 1 is 0.935 bits per heavy atom. The molecule has 2 aromatic heterocycles. The van der Waals surface area contributed by atoms with Gasteiger partial charge < -0.3 is 4.90 Å². The molecule has 31 heavy (non-hydrogen) atoms. The maximum atomic E-state index is 13.6. The van der Waals surface area contributed by atoms with Crippen LogP contribution < -0.4 is 5.56 Å². The second-order valence-corrected chi connectivity index (χ2v) is 8.71. The lowest BCUT2D eigenvalue weighted by Gasteiger charge is -2.30. The molecule has 0 aliphatic carbocycles. The van der Waals surface area contributed by atoms with Gasteiger partial charge in [-0.15, -0.1) is 11.3 Å². The zero-order chi connectivity index (χ0) is 21.5. The number of thiophene rings is 1. The lowest BCUT2D eigenvalue weighted by Crippen LogP contribution is -2.42. The Labute approximate surface area is 183 Å². The fraction of sp³-hybridized carbons (Fsp3) is 0.160. The van der Waals surface area contributed by atoms with E-state index in [0.717, 1.165) is 12.0 Å². The van der Waals surface area contributed by atoms with Crippen LogP contribution in [0.1, 0.15) is 37.6 Å². The topological polar surface area (TPSA) is 59.4 Å². The maximum Gasteiger partial charge on any atom is 0.264 e. The summed E-state index contributed by atoms with van der Waals surface area (Å²) in [4.78, 5) is 42.4. The number of aromatic nitrogens is 1. The molecule has 0 radical (unpaired) electrons. The molecule has 1 aliphatic heterocycles. The zero-order valence-corrected chi connectivity index (χ0v) is 17.8. The number of aryl methyl sites for hydroxylation is 1. The molecule has 0 spiro atoms. The summed E-state index contributed by atoms with van der Waals surface area (Å²) >= 11 is 1.22. The van der Waals surface area contributed by atoms with Gasteiger partial charge >= 0.3 is 0 Å². The van der Waals surface area contributed by atoms with Gasteiger partial charge in [-0.2, -0.15) is 0 Å². The first-order valence-electron chi connectivity index (χ1n) is 10.2. The smallest absolute Gasteiger partial charge is 0.264 e. The van der Waals surface area contributed by atoms with Gasteiger partial charge in [-0.1, -0.05) is 42.0 Å². The van der Waals surface area contributed by atoms with Crippen LogP contribution in [-0.4, -0.2) is 34.2 Å². The second kappa shape index (κ2) is 7.63. The lowest BCUT2D eigenvalue weighted by molar-refractivity contribution is 0.0654. The number of likely N-dealkylation sites (tertiary alicyclic amines) is 1. The highest BCUT2D eigenvalue weighted by atomic mass is 32.1. The molecule has 1 fully saturated rings. The molecule has 0 bridgehead atoms. The van der Waals surface area contributed by atoms with Crippen molar-refractivity contribution in [3.8, 4) is 5.69 Å². The second-order valence-electron chi connectivity index (χ2n) is 7.71. The van der Waals surface area contributed by atoms with E-state index in [9.17, 15) is 14.4 Å². The molecular weight excluding hydrogens is 408 g/mol. The highest BCUT2D eigenvalue weighted by molar-refractivity contribution is 7.21. The molecule has 1 saturated heterocycles. The molecule has 154 valence electrons. The standard InChI is InChI=1S/C25H20N2O3S/c1-16-7-5-8-17(15-16)22(29)21-19-11-12-20(28)27(18-9-3-2-4-10-18)25(19)31-23(21)24(30)26-13-6-14-26/h2-5,7-12,15H,6,13-14H2,1H3. The molecule has 5 nitrogen and oxygen atoms in total. The van der Waals surface area contributed by atoms with Crippen LogP contribution in [0.3, 0.4) is 0 Å². The van der Waals surface area contributed by atoms with Gasteiger partial charge in [-0.25, -0.2) is 0 Å². The van der Waals surface area contributed by atoms with Crippen LogP contribution in [0.4, 0.5) is 0 Å². The van der Waals surface area contributed by atoms with Crippen LogP contribution in [0.15, 0.2) is 71.5 Å². The summed E-state index contributed by atoms with van der Waals surface area (Å²) in [5.41, 5.74) is 2.40. The van der Waals surface area contributed by atoms with Crippen LogP contribution in [-0.2, 0) is 0 Å². The molecule has 0 unspecified atom stereocenters. The normalized spacial score (nSPS) is 13.3. The monoisotopic (exact) mass is 428 g/mol. The van der Waals surface area contributed by atoms with Crippen molar-refractivity contribution in [1.29, 1.82) is 0 Å². The van der Waals surface area contributed by atoms with Gasteiger partial charge in [0.15, 0.2) is 5.78 Å². The predicted octanol–water partition coefficient (Wildman–Crippen LogP) is 4.44. The molecule has 0 N–H and O–H groups in total. The van der Waals surface area contributed by atoms with E-state index in [-0.39, 0.29) is 17.2 Å². The van der Waals surface area contributed by atoms with Crippen molar-refractivity contribution in [3.63, 3.8) is 0 Å². The van der Waals surface area contributed by atoms with Gasteiger partial charge in [0, 0.05) is 30.1 Å². The van der Waals surface area contributed by atoms with Crippen molar-refractivity contribution < 1.29 is 9.59 Å². The van der Waals surface area contributed by atoms with E-state index in [1.807, 2.05) is 55.5 Å². The van der Waals surface area contributed by atoms with Crippen LogP contribution in [0.2, 0.25) is 0 Å². The largest absolute Gasteiger partial charge is 0.338 e. The van der Waals surface area contributed by atoms with Gasteiger partial charge in [-0.05, 0) is 37.6 Å². The number of nitrogens with zero attached hydrogens (tertiary/aromatic N) is 2. The van der Waals surface area contributed by atoms with E-state index in [1.54, 1.807) is 21.6 Å². The van der Waals surface area contributed by atoms with Crippen LogP contribution >= 0.6 is 11.3 Å². The van der Waals surface area contributed by atoms with Gasteiger partial charge in [0.1, 0.15) is 9.71 Å². The molecule has 4 aromatic rings. The number of fused-ring (bicyclic) bond motifs is 1. The Balaban J connectivity index is 1.79. The number of hydrogen-bond acceptors (Lipinski definition) is 4. The molecule has 6 heteroatoms. The predicted molar refractivity (Wildman–Crippen MR) is 123 cm³/mol. The number of para-hydroxylation sites is 1. The molecule has 1 aliphatic rings. The Hall–Kier alpha value is -3.51. The average Bonchev–Trinajstić information content (AvgIpc) is 3.12. The van der Waals surface area contributed by atoms with Crippen LogP contribution in [0, 0.1) is 6.92 Å². The lowest BCUT2D eigenvalue weighted by atomic mass is 9.99. The first-order chi connectivity index (χ1) is 15.0. The molecular formula is C25H20N2O3S. The van der Waals surface area contributed by atoms with Crippen molar-refractivity contribution in [1.82, 2.24) is 9.47 Å². The number of rotatable bonds is 4. The minimum absolute atomic E-state index is 0.143. The number of pyridine rings is 1. The average molecular weight is 429 g/mol. The Morgan fingerprint density at radius 2 is 1.71 bits per heavy atom. The minimum atomic E-state index is -0.197. The van der Waals surface area contributed by atoms with E-state index in [0.29, 0.717) is 45.0 Å². The van der Waals surface area contributed by atoms with Crippen molar-refractivity contribution in [2.75, 3.05) is 13.1 Å². The molecule has 3 heterocycles. The van der Waals surface area contributed by atoms with Crippen LogP contribution in [0.25, 0.3) is 15.9 Å². The summed E-state index contributed by atoms with van der Waals surface area (Å²) < 4.78 is 1.58. The molecule has 2 aromatic carbocycles. The number of benzene rings is 2. The summed E-state index contributed by atoms with van der Waals surface area (Å²) in [6.45, 7) is 3.31. The number of ketones is 1. The van der Waals surface area contributed by atoms with Gasteiger partial charge in [0.25, 0.3) is 11.5 Å². The molecule has 0 atom stereocenters. The fourth-order valence-electron chi connectivity index (χ4n) is 3.87. The van der Waals surface area contributed by atoms with Gasteiger partial charge in [0.05, 0.1) is 11.3 Å². The number of carbonyl (C=O) groups is 2. The van der Waals surface area contributed by atoms with E-state index in [1.165, 1.54) is 17.4 Å². The van der Waals surface area contributed by atoms with E-state index in [4.69, 9.17) is 0 Å². The van der Waals surface area contributed by atoms with Crippen molar-refractivity contribution in [2.45, 2.75) is 13.3 Å². The third-order valence-electron chi connectivity index (χ3n) is 5.60. The molecule has 5 rings (SSSR count). The summed E-state index contributed by atoms with van der Waals surface area (Å²) in [6, 6.07) is 19.8. The number of amides is 1. The Kier molecular flexibility index (Phi) is 4.79. The zero-order valence-electron chi connectivity index (χ0n) is 17.0. The summed E-state index contributed by atoms with van der Waals surface area (Å²) in [5, 5.41) is 0.629. The third-order valence-corrected chi connectivity index (χ3v) is 6.78. The van der Waals surface area contributed by atoms with E-state index >= 15 is 0 Å². The quantitative estimate of drug-likeness (QED) is 0.452. The SMILES string of the molecule is Cc1cccc(C(=O)c2c(C(=O)N3CCC3)sc3c2ccc(=O)n3-c2ccccc2)c1. The first kappa shape index (κ1) is 19.5. The van der Waals surface area contributed by atoms with E-state index in [2.05, 4.69) is 0 Å². The maximum absolute atomic E-state index is 13.6. The van der Waals surface area contributed by atoms with Crippen LogP contribution in [0.5, 0.6) is 0 Å². The summed E-state index contributed by atoms with van der Waals surface area (Å²) in [5.74, 6) is -0.340. The van der Waals surface area contributed by atoms with Crippen molar-refractivity contribution >= 4 is 33.2 Å². The highest BCUT2D eigenvalue weighted by Crippen LogP contribution is 2.35. The van der Waals surface area contributed by atoms with Gasteiger partial charge in [0.2, 0.25) is 0 Å². The fourth-order valence-corrected chi connectivity index (χ4v) is 5.15. The highest BCUT2D eigenvalue weighted by Gasteiger charge is 2.31. The molecule has 0 saturated carbocycles. The third kappa shape index (κ3) is 3.29. The Bertz CT molecular complexity index is 1380. The summed E-state index contributed by atoms with van der Waals surface area (Å²) in [7, 11) is 0. The van der Waals surface area contributed by atoms with Crippen molar-refractivity contribution in [2.24, 2.45) is 0 Å². The minimum Gasteiger partial charge on any atom is -0.338 e. The van der Waals surface area contributed by atoms with E-state index < -0.39 is 0 Å². The van der Waals surface area contributed by atoms with Gasteiger partial charge in [-0.3, -0.25) is 19.0 Å². The summed E-state index contributed by atoms with van der Waals surface area (Å²) in [6.07, 6.45) is 0.965. The number of carbonyl (C=O) groups excluding carboxylic acids is 2. The number of hydrogen-bond donors (Lipinski definition) is 0. The Morgan fingerprint density at radius 3 is 2.39 bits per heavy atom.